The van der Waals surface area contributed by atoms with Crippen molar-refractivity contribution in [2.45, 2.75) is 0 Å². The van der Waals surface area contributed by atoms with E-state index in [2.05, 4.69) is 174 Å². The van der Waals surface area contributed by atoms with Gasteiger partial charge in [-0.05, 0) is 70.1 Å². The molecule has 0 aliphatic rings. The summed E-state index contributed by atoms with van der Waals surface area (Å²) in [7, 11) is 0. The van der Waals surface area contributed by atoms with Gasteiger partial charge >= 0.3 is 0 Å². The van der Waals surface area contributed by atoms with E-state index < -0.39 is 0 Å². The number of anilines is 6. The molecule has 0 aliphatic heterocycles. The highest BCUT2D eigenvalue weighted by Crippen LogP contribution is 2.48. The molecule has 5 aromatic heterocycles. The number of furan rings is 2. The van der Waals surface area contributed by atoms with Crippen molar-refractivity contribution in [1.82, 2.24) is 20.2 Å². The zero-order valence-corrected chi connectivity index (χ0v) is 37.4. The Labute approximate surface area is 396 Å². The van der Waals surface area contributed by atoms with Gasteiger partial charge in [0.1, 0.15) is 32.7 Å². The molecule has 0 amide bonds. The average molecular weight is 903 g/mol. The molecular weight excluding hydrogens is 869 g/mol. The van der Waals surface area contributed by atoms with Gasteiger partial charge in [-0.1, -0.05) is 133 Å². The fourth-order valence-corrected chi connectivity index (χ4v) is 11.4. The lowest BCUT2D eigenvalue weighted by Gasteiger charge is -2.27. The van der Waals surface area contributed by atoms with E-state index in [1.807, 2.05) is 42.6 Å². The Balaban J connectivity index is 0.949. The second-order valence-corrected chi connectivity index (χ2v) is 18.5. The van der Waals surface area contributed by atoms with Crippen LogP contribution in [0.4, 0.5) is 34.5 Å². The number of thiophene rings is 1. The molecule has 10 aromatic carbocycles. The molecule has 0 fully saturated rings. The quantitative estimate of drug-likeness (QED) is 0.153. The molecule has 9 heteroatoms. The molecule has 5 heterocycles. The van der Waals surface area contributed by atoms with Crippen molar-refractivity contribution in [3.05, 3.63) is 206 Å². The fourth-order valence-electron chi connectivity index (χ4n) is 10.4. The topological polar surface area (TPSA) is 84.3 Å². The largest absolute Gasteiger partial charge is 0.456 e. The van der Waals surface area contributed by atoms with E-state index in [9.17, 15) is 0 Å². The Morgan fingerprint density at radius 2 is 0.826 bits per heavy atom. The average Bonchev–Trinajstić information content (AvgIpc) is 4.09. The van der Waals surface area contributed by atoms with E-state index in [1.165, 1.54) is 0 Å². The van der Waals surface area contributed by atoms with Crippen molar-refractivity contribution in [2.75, 3.05) is 9.80 Å². The van der Waals surface area contributed by atoms with E-state index in [4.69, 9.17) is 29.0 Å². The van der Waals surface area contributed by atoms with Crippen LogP contribution in [0.2, 0.25) is 0 Å². The van der Waals surface area contributed by atoms with Crippen LogP contribution in [0.25, 0.3) is 107 Å². The minimum atomic E-state index is 0.530. The van der Waals surface area contributed by atoms with Gasteiger partial charge in [0.2, 0.25) is 5.95 Å². The normalized spacial score (nSPS) is 12.1. The lowest BCUT2D eigenvalue weighted by molar-refractivity contribution is 0.668. The number of para-hydroxylation sites is 2. The third-order valence-electron chi connectivity index (χ3n) is 13.6. The summed E-state index contributed by atoms with van der Waals surface area (Å²) in [6, 6.07) is 69.9. The maximum absolute atomic E-state index is 6.49. The van der Waals surface area contributed by atoms with Crippen LogP contribution in [-0.2, 0) is 0 Å². The van der Waals surface area contributed by atoms with Crippen LogP contribution in [0.5, 0.6) is 0 Å². The van der Waals surface area contributed by atoms with Crippen LogP contribution in [0.3, 0.4) is 0 Å². The number of fused-ring (bicyclic) bond motifs is 13. The molecule has 0 bridgehead atoms. The van der Waals surface area contributed by atoms with Crippen molar-refractivity contribution in [3.63, 3.8) is 0 Å². The molecule has 0 spiro atoms. The maximum atomic E-state index is 6.49. The molecule has 0 unspecified atom stereocenters. The highest BCUT2D eigenvalue weighted by molar-refractivity contribution is 7.25. The lowest BCUT2D eigenvalue weighted by Crippen LogP contribution is -2.14. The van der Waals surface area contributed by atoms with Crippen molar-refractivity contribution in [1.29, 1.82) is 0 Å². The number of hydrogen-bond donors (Lipinski definition) is 0. The summed E-state index contributed by atoms with van der Waals surface area (Å²) in [6.45, 7) is 0. The second-order valence-electron chi connectivity index (χ2n) is 17.5. The predicted octanol–water partition coefficient (Wildman–Crippen LogP) is 17.0. The molecule has 69 heavy (non-hydrogen) atoms. The van der Waals surface area contributed by atoms with Crippen LogP contribution in [0.15, 0.2) is 215 Å². The Morgan fingerprint density at radius 3 is 1.36 bits per heavy atom. The van der Waals surface area contributed by atoms with Crippen molar-refractivity contribution < 1.29 is 8.83 Å². The number of benzene rings is 10. The number of nitrogens with zero attached hydrogens (tertiary/aromatic N) is 6. The minimum absolute atomic E-state index is 0.530. The van der Waals surface area contributed by atoms with E-state index in [-0.39, 0.29) is 0 Å². The lowest BCUT2D eigenvalue weighted by atomic mass is 9.99. The molecule has 15 rings (SSSR count). The molecule has 15 aromatic rings. The Bertz CT molecular complexity index is 4210. The molecule has 0 N–H and O–H groups in total. The van der Waals surface area contributed by atoms with Gasteiger partial charge in [-0.3, -0.25) is 9.80 Å². The van der Waals surface area contributed by atoms with Gasteiger partial charge in [-0.15, -0.1) is 21.5 Å². The van der Waals surface area contributed by atoms with Crippen LogP contribution in [-0.4, -0.2) is 20.2 Å². The fraction of sp³-hybridized carbons (Fsp3) is 0. The van der Waals surface area contributed by atoms with Crippen LogP contribution in [0, 0.1) is 0 Å². The molecule has 0 aliphatic carbocycles. The first-order valence-electron chi connectivity index (χ1n) is 22.9. The number of rotatable bonds is 6. The minimum Gasteiger partial charge on any atom is -0.456 e. The maximum Gasteiger partial charge on any atom is 0.236 e. The SMILES string of the molecule is c1ccc2c(N(c3ccc4c(c3)oc3ccccc34)c3cc4sc5nc(N(c6ccc7c(c6)oc6ccccc67)c6c7ccccc7cc7ccccc67)ncc5c4nn3)c3ccccc3cc2c1. The van der Waals surface area contributed by atoms with Gasteiger partial charge in [-0.25, -0.2) is 9.97 Å². The number of hydrogen-bond acceptors (Lipinski definition) is 9. The van der Waals surface area contributed by atoms with Gasteiger partial charge in [0.15, 0.2) is 5.82 Å². The van der Waals surface area contributed by atoms with Gasteiger partial charge in [0.25, 0.3) is 0 Å². The Hall–Kier alpha value is -9.18. The summed E-state index contributed by atoms with van der Waals surface area (Å²) >= 11 is 1.59. The van der Waals surface area contributed by atoms with E-state index in [0.29, 0.717) is 11.8 Å². The van der Waals surface area contributed by atoms with E-state index in [0.717, 1.165) is 130 Å². The van der Waals surface area contributed by atoms with Crippen LogP contribution < -0.4 is 9.80 Å². The van der Waals surface area contributed by atoms with Crippen molar-refractivity contribution >= 4 is 153 Å². The summed E-state index contributed by atoms with van der Waals surface area (Å²) in [5.74, 6) is 1.20. The summed E-state index contributed by atoms with van der Waals surface area (Å²) in [5, 5.41) is 24.0. The van der Waals surface area contributed by atoms with Gasteiger partial charge in [0.05, 0.1) is 32.8 Å². The highest BCUT2D eigenvalue weighted by atomic mass is 32.1. The molecular formula is C60H34N6O2S. The number of aromatic nitrogens is 4. The monoisotopic (exact) mass is 902 g/mol. The van der Waals surface area contributed by atoms with Gasteiger partial charge in [0, 0.05) is 67.5 Å². The molecule has 0 atom stereocenters. The molecule has 0 saturated heterocycles. The summed E-state index contributed by atoms with van der Waals surface area (Å²) in [4.78, 5) is 15.8. The Kier molecular flexibility index (Phi) is 8.07. The predicted molar refractivity (Wildman–Crippen MR) is 284 cm³/mol. The molecule has 0 radical (unpaired) electrons. The zero-order valence-electron chi connectivity index (χ0n) is 36.5. The van der Waals surface area contributed by atoms with Crippen molar-refractivity contribution in [3.8, 4) is 0 Å². The van der Waals surface area contributed by atoms with Gasteiger partial charge < -0.3 is 8.83 Å². The van der Waals surface area contributed by atoms with Crippen molar-refractivity contribution in [2.24, 2.45) is 0 Å². The Morgan fingerprint density at radius 1 is 0.377 bits per heavy atom. The van der Waals surface area contributed by atoms with Gasteiger partial charge in [-0.2, -0.15) is 0 Å². The van der Waals surface area contributed by atoms with Crippen LogP contribution >= 0.6 is 11.3 Å². The molecule has 0 saturated carbocycles. The summed E-state index contributed by atoms with van der Waals surface area (Å²) in [5.41, 5.74) is 7.80. The first kappa shape index (κ1) is 38.0. The smallest absolute Gasteiger partial charge is 0.236 e. The van der Waals surface area contributed by atoms with E-state index >= 15 is 0 Å². The first-order valence-corrected chi connectivity index (χ1v) is 23.7. The standard InChI is InChI=1S/C60H34N6O2S/c1-5-17-41-35(13-1)29-36-14-2-6-18-42(36)57(41)65(39-25-27-47-45-21-9-11-23-50(45)67-52(47)31-39)55-33-54-56(64-63-55)49-34-61-60(62-59(49)69-54)66(40-26-28-48-46-22-10-12-24-51(46)68-53(48)32-40)58-43-19-7-3-15-37(43)30-38-16-4-8-20-44(38)58/h1-34H. The van der Waals surface area contributed by atoms with E-state index in [1.54, 1.807) is 11.3 Å². The highest BCUT2D eigenvalue weighted by Gasteiger charge is 2.26. The van der Waals surface area contributed by atoms with Crippen LogP contribution in [0.1, 0.15) is 0 Å². The summed E-state index contributed by atoms with van der Waals surface area (Å²) in [6.07, 6.45) is 1.90. The summed E-state index contributed by atoms with van der Waals surface area (Å²) < 4.78 is 13.9. The third kappa shape index (κ3) is 5.81. The molecule has 8 nitrogen and oxygen atoms in total. The zero-order chi connectivity index (χ0) is 45.2. The molecule has 322 valence electrons. The first-order chi connectivity index (χ1) is 34.2. The third-order valence-corrected chi connectivity index (χ3v) is 14.6. The second kappa shape index (κ2) is 14.7.